The van der Waals surface area contributed by atoms with E-state index in [9.17, 15) is 14.7 Å². The van der Waals surface area contributed by atoms with E-state index in [-0.39, 0.29) is 0 Å². The van der Waals surface area contributed by atoms with Crippen LogP contribution in [0.1, 0.15) is 13.3 Å². The summed E-state index contributed by atoms with van der Waals surface area (Å²) >= 11 is 0. The topological polar surface area (TPSA) is 101 Å². The Kier molecular flexibility index (Phi) is 3.16. The molecule has 0 aromatic rings. The maximum absolute atomic E-state index is 10.1. The van der Waals surface area contributed by atoms with Crippen LogP contribution in [-0.4, -0.2) is 34.1 Å². The average Bonchev–Trinajstić information content (AvgIpc) is 1.83. The van der Waals surface area contributed by atoms with E-state index >= 15 is 0 Å². The summed E-state index contributed by atoms with van der Waals surface area (Å²) in [4.78, 5) is 20.0. The minimum Gasteiger partial charge on any atom is -0.481 e. The van der Waals surface area contributed by atoms with Crippen molar-refractivity contribution >= 4 is 12.3 Å². The minimum absolute atomic E-state index is 0.566. The van der Waals surface area contributed by atoms with E-state index in [0.717, 1.165) is 0 Å². The van der Waals surface area contributed by atoms with E-state index in [1.807, 2.05) is 0 Å². The summed E-state index contributed by atoms with van der Waals surface area (Å²) < 4.78 is 0. The molecule has 0 heterocycles. The van der Waals surface area contributed by atoms with Crippen molar-refractivity contribution in [3.05, 3.63) is 0 Å². The van der Waals surface area contributed by atoms with Gasteiger partial charge in [0.05, 0.1) is 12.0 Å². The first-order valence-electron chi connectivity index (χ1n) is 2.97. The first-order valence-corrected chi connectivity index (χ1v) is 2.97. The van der Waals surface area contributed by atoms with Gasteiger partial charge in [0.15, 0.2) is 0 Å². The lowest BCUT2D eigenvalue weighted by molar-refractivity contribution is -0.142. The molecule has 1 radical (unpaired) electrons. The molecular weight excluding hydrogens is 150 g/mol. The van der Waals surface area contributed by atoms with Crippen molar-refractivity contribution in [1.29, 1.82) is 0 Å². The highest BCUT2D eigenvalue weighted by molar-refractivity contribution is 5.70. The largest absolute Gasteiger partial charge is 0.481 e. The fourth-order valence-corrected chi connectivity index (χ4v) is 0.543. The number of aliphatic carboxylic acids is 1. The fourth-order valence-electron chi connectivity index (χ4n) is 0.543. The molecule has 4 N–H and O–H groups in total. The maximum atomic E-state index is 10.1. The molecule has 0 bridgehead atoms. The van der Waals surface area contributed by atoms with Crippen molar-refractivity contribution in [3.63, 3.8) is 0 Å². The molecule has 0 spiro atoms. The van der Waals surface area contributed by atoms with Crippen LogP contribution in [0.2, 0.25) is 0 Å². The highest BCUT2D eigenvalue weighted by Crippen LogP contribution is 2.11. The van der Waals surface area contributed by atoms with Gasteiger partial charge in [0.2, 0.25) is 6.29 Å². The number of rotatable bonds is 4. The van der Waals surface area contributed by atoms with Crippen LogP contribution in [0, 0.1) is 0 Å². The molecule has 0 amide bonds. The molecule has 0 fully saturated rings. The van der Waals surface area contributed by atoms with Crippen LogP contribution < -0.4 is 5.73 Å². The van der Waals surface area contributed by atoms with Crippen LogP contribution in [0.25, 0.3) is 0 Å². The maximum Gasteiger partial charge on any atom is 0.306 e. The fraction of sp³-hybridized carbons (Fsp3) is 0.667. The highest BCUT2D eigenvalue weighted by Gasteiger charge is 2.31. The van der Waals surface area contributed by atoms with Crippen LogP contribution in [-0.2, 0) is 9.59 Å². The molecule has 0 rings (SSSR count). The van der Waals surface area contributed by atoms with Crippen molar-refractivity contribution in [3.8, 4) is 0 Å². The number of carbonyl (C=O) groups excluding carboxylic acids is 1. The second-order valence-electron chi connectivity index (χ2n) is 2.52. The van der Waals surface area contributed by atoms with Crippen molar-refractivity contribution in [2.24, 2.45) is 5.73 Å². The Morgan fingerprint density at radius 1 is 1.82 bits per heavy atom. The molecule has 0 aliphatic carbocycles. The molecular formula is C6H10NO4. The number of hydrogen-bond donors (Lipinski definition) is 3. The quantitative estimate of drug-likeness (QED) is 0.472. The zero-order valence-corrected chi connectivity index (χ0v) is 6.07. The molecule has 0 aromatic carbocycles. The third kappa shape index (κ3) is 3.10. The molecule has 2 atom stereocenters. The van der Waals surface area contributed by atoms with Gasteiger partial charge in [-0.3, -0.25) is 9.59 Å². The Morgan fingerprint density at radius 3 is 2.55 bits per heavy atom. The van der Waals surface area contributed by atoms with E-state index in [1.54, 1.807) is 0 Å². The van der Waals surface area contributed by atoms with E-state index < -0.39 is 24.0 Å². The average molecular weight is 160 g/mol. The number of carbonyl (C=O) groups is 1. The Labute approximate surface area is 63.8 Å². The van der Waals surface area contributed by atoms with E-state index in [1.165, 1.54) is 13.2 Å². The second-order valence-corrected chi connectivity index (χ2v) is 2.52. The van der Waals surface area contributed by atoms with Crippen molar-refractivity contribution < 1.29 is 19.8 Å². The summed E-state index contributed by atoms with van der Waals surface area (Å²) in [5, 5.41) is 17.4. The van der Waals surface area contributed by atoms with Crippen molar-refractivity contribution in [2.75, 3.05) is 0 Å². The SMILES string of the molecule is CC(O)(CC(=O)O)[C@H](N)[C]=O. The van der Waals surface area contributed by atoms with Gasteiger partial charge in [-0.2, -0.15) is 0 Å². The number of carboxylic acid groups (broad SMARTS) is 1. The molecule has 0 saturated carbocycles. The summed E-state index contributed by atoms with van der Waals surface area (Å²) in [5.74, 6) is -1.21. The van der Waals surface area contributed by atoms with Gasteiger partial charge >= 0.3 is 5.97 Å². The van der Waals surface area contributed by atoms with E-state index in [0.29, 0.717) is 0 Å². The molecule has 5 heteroatoms. The third-order valence-corrected chi connectivity index (χ3v) is 1.31. The predicted molar refractivity (Wildman–Crippen MR) is 36.5 cm³/mol. The summed E-state index contributed by atoms with van der Waals surface area (Å²) in [6.45, 7) is 1.18. The predicted octanol–water partition coefficient (Wildman–Crippen LogP) is -1.35. The standard InChI is InChI=1S/C6H10NO4/c1-6(11,2-5(9)10)4(7)3-8/h4,11H,2,7H2,1H3,(H,9,10)/t4-,6?/m1/s1. The second kappa shape index (κ2) is 3.45. The first-order chi connectivity index (χ1) is 4.90. The normalized spacial score (nSPS) is 18.5. The van der Waals surface area contributed by atoms with Gasteiger partial charge in [0.25, 0.3) is 0 Å². The summed E-state index contributed by atoms with van der Waals surface area (Å²) in [5.41, 5.74) is 3.35. The zero-order valence-electron chi connectivity index (χ0n) is 6.07. The van der Waals surface area contributed by atoms with Gasteiger partial charge < -0.3 is 15.9 Å². The first kappa shape index (κ1) is 10.1. The van der Waals surface area contributed by atoms with Crippen LogP contribution in [0.4, 0.5) is 0 Å². The summed E-state index contributed by atoms with van der Waals surface area (Å²) in [6.07, 6.45) is 0.759. The molecule has 0 saturated heterocycles. The van der Waals surface area contributed by atoms with Crippen LogP contribution in [0.5, 0.6) is 0 Å². The molecule has 0 aliphatic rings. The van der Waals surface area contributed by atoms with Gasteiger partial charge in [-0.25, -0.2) is 0 Å². The lowest BCUT2D eigenvalue weighted by Gasteiger charge is -2.23. The van der Waals surface area contributed by atoms with Crippen LogP contribution >= 0.6 is 0 Å². The molecule has 0 aromatic heterocycles. The van der Waals surface area contributed by atoms with Gasteiger partial charge in [-0.05, 0) is 6.92 Å². The minimum atomic E-state index is -1.71. The van der Waals surface area contributed by atoms with Crippen molar-refractivity contribution in [1.82, 2.24) is 0 Å². The lowest BCUT2D eigenvalue weighted by Crippen LogP contribution is -2.48. The van der Waals surface area contributed by atoms with Crippen LogP contribution in [0.15, 0.2) is 0 Å². The summed E-state index contributed by atoms with van der Waals surface area (Å²) in [7, 11) is 0. The number of nitrogens with two attached hydrogens (primary N) is 1. The van der Waals surface area contributed by atoms with Gasteiger partial charge in [-0.15, -0.1) is 0 Å². The van der Waals surface area contributed by atoms with Crippen LogP contribution in [0.3, 0.4) is 0 Å². The smallest absolute Gasteiger partial charge is 0.306 e. The van der Waals surface area contributed by atoms with Gasteiger partial charge in [0, 0.05) is 0 Å². The van der Waals surface area contributed by atoms with E-state index in [2.05, 4.69) is 0 Å². The molecule has 5 nitrogen and oxygen atoms in total. The molecule has 0 aliphatic heterocycles. The Balaban J connectivity index is 4.19. The third-order valence-electron chi connectivity index (χ3n) is 1.31. The summed E-state index contributed by atoms with van der Waals surface area (Å²) in [6, 6.07) is -1.28. The van der Waals surface area contributed by atoms with Gasteiger partial charge in [-0.1, -0.05) is 0 Å². The zero-order chi connectivity index (χ0) is 9.07. The van der Waals surface area contributed by atoms with E-state index in [4.69, 9.17) is 10.8 Å². The number of hydrogen-bond acceptors (Lipinski definition) is 4. The lowest BCUT2D eigenvalue weighted by atomic mass is 9.95. The monoisotopic (exact) mass is 160 g/mol. The van der Waals surface area contributed by atoms with Crippen molar-refractivity contribution in [2.45, 2.75) is 25.0 Å². The Morgan fingerprint density at radius 2 is 2.27 bits per heavy atom. The Bertz CT molecular complexity index is 166. The Hall–Kier alpha value is -0.940. The number of aliphatic hydroxyl groups is 1. The molecule has 11 heavy (non-hydrogen) atoms. The highest BCUT2D eigenvalue weighted by atomic mass is 16.4. The molecule has 63 valence electrons. The van der Waals surface area contributed by atoms with Gasteiger partial charge in [0.1, 0.15) is 6.04 Å². The molecule has 1 unspecified atom stereocenters. The number of carboxylic acids is 1.